The summed E-state index contributed by atoms with van der Waals surface area (Å²) in [5.41, 5.74) is 5.76. The van der Waals surface area contributed by atoms with E-state index in [-0.39, 0.29) is 15.6 Å². The van der Waals surface area contributed by atoms with Gasteiger partial charge in [-0.05, 0) is 45.8 Å². The average molecular weight is 334 g/mol. The predicted molar refractivity (Wildman–Crippen MR) is 66.4 cm³/mol. The van der Waals surface area contributed by atoms with Crippen molar-refractivity contribution in [2.45, 2.75) is 6.04 Å². The molecule has 2 aromatic rings. The molecule has 0 aliphatic rings. The van der Waals surface area contributed by atoms with E-state index in [4.69, 9.17) is 5.73 Å². The second kappa shape index (κ2) is 5.30. The summed E-state index contributed by atoms with van der Waals surface area (Å²) in [6, 6.07) is 3.74. The van der Waals surface area contributed by atoms with Gasteiger partial charge in [0.15, 0.2) is 11.6 Å². The van der Waals surface area contributed by atoms with Gasteiger partial charge in [-0.3, -0.25) is 0 Å². The summed E-state index contributed by atoms with van der Waals surface area (Å²) < 4.78 is 52.9. The molecule has 2 N–H and O–H groups in total. The van der Waals surface area contributed by atoms with Crippen LogP contribution in [0.3, 0.4) is 0 Å². The molecule has 2 rings (SSSR count). The highest BCUT2D eigenvalue weighted by Gasteiger charge is 2.17. The third-order valence-corrected chi connectivity index (χ3v) is 3.29. The largest absolute Gasteiger partial charge is 0.320 e. The molecule has 1 atom stereocenters. The molecule has 0 aromatic heterocycles. The Morgan fingerprint density at radius 2 is 1.53 bits per heavy atom. The second-order valence-electron chi connectivity index (χ2n) is 3.94. The highest BCUT2D eigenvalue weighted by Crippen LogP contribution is 2.27. The normalized spacial score (nSPS) is 12.5. The summed E-state index contributed by atoms with van der Waals surface area (Å²) in [6.45, 7) is 0. The monoisotopic (exact) mass is 333 g/mol. The summed E-state index contributed by atoms with van der Waals surface area (Å²) >= 11 is 2.84. The zero-order chi connectivity index (χ0) is 14.2. The zero-order valence-electron chi connectivity index (χ0n) is 9.43. The van der Waals surface area contributed by atoms with Crippen molar-refractivity contribution in [1.29, 1.82) is 0 Å². The molecule has 2 aromatic carbocycles. The van der Waals surface area contributed by atoms with E-state index in [0.717, 1.165) is 24.3 Å². The maximum atomic E-state index is 13.7. The van der Waals surface area contributed by atoms with Crippen molar-refractivity contribution in [2.75, 3.05) is 0 Å². The van der Waals surface area contributed by atoms with E-state index in [1.54, 1.807) is 0 Å². The van der Waals surface area contributed by atoms with Gasteiger partial charge in [-0.15, -0.1) is 0 Å². The molecule has 100 valence electrons. The summed E-state index contributed by atoms with van der Waals surface area (Å²) in [6.07, 6.45) is 0. The summed E-state index contributed by atoms with van der Waals surface area (Å²) in [5.74, 6) is -3.54. The van der Waals surface area contributed by atoms with E-state index >= 15 is 0 Å². The Labute approximate surface area is 115 Å². The Morgan fingerprint density at radius 1 is 0.842 bits per heavy atom. The Balaban J connectivity index is 2.46. The third kappa shape index (κ3) is 2.79. The van der Waals surface area contributed by atoms with Crippen LogP contribution in [-0.2, 0) is 0 Å². The lowest BCUT2D eigenvalue weighted by Gasteiger charge is -2.14. The van der Waals surface area contributed by atoms with Gasteiger partial charge in [0.05, 0.1) is 10.5 Å². The summed E-state index contributed by atoms with van der Waals surface area (Å²) in [7, 11) is 0. The molecule has 0 saturated carbocycles. The molecule has 0 saturated heterocycles. The van der Waals surface area contributed by atoms with Crippen LogP contribution >= 0.6 is 15.9 Å². The van der Waals surface area contributed by atoms with Crippen LogP contribution in [0.15, 0.2) is 34.8 Å². The first-order valence-corrected chi connectivity index (χ1v) is 6.04. The second-order valence-corrected chi connectivity index (χ2v) is 4.79. The SMILES string of the molecule is NC(c1ccc(F)c(F)c1)c1cc(F)c(Br)cc1F. The maximum absolute atomic E-state index is 13.7. The Morgan fingerprint density at radius 3 is 2.16 bits per heavy atom. The van der Waals surface area contributed by atoms with E-state index in [1.165, 1.54) is 6.07 Å². The summed E-state index contributed by atoms with van der Waals surface area (Å²) in [4.78, 5) is 0. The fourth-order valence-corrected chi connectivity index (χ4v) is 1.98. The fourth-order valence-electron chi connectivity index (χ4n) is 1.66. The minimum Gasteiger partial charge on any atom is -0.320 e. The third-order valence-electron chi connectivity index (χ3n) is 2.68. The lowest BCUT2D eigenvalue weighted by atomic mass is 9.99. The minimum atomic E-state index is -1.09. The van der Waals surface area contributed by atoms with Gasteiger partial charge >= 0.3 is 0 Å². The predicted octanol–water partition coefficient (Wildman–Crippen LogP) is 4.05. The van der Waals surface area contributed by atoms with Crippen LogP contribution < -0.4 is 5.73 Å². The molecule has 0 aliphatic carbocycles. The first-order valence-electron chi connectivity index (χ1n) is 5.25. The van der Waals surface area contributed by atoms with Crippen LogP contribution in [0.4, 0.5) is 17.6 Å². The molecule has 0 heterocycles. The molecule has 1 nitrogen and oxygen atoms in total. The van der Waals surface area contributed by atoms with Gasteiger partial charge in [-0.2, -0.15) is 0 Å². The van der Waals surface area contributed by atoms with Crippen LogP contribution in [0.25, 0.3) is 0 Å². The summed E-state index contributed by atoms with van der Waals surface area (Å²) in [5, 5.41) is 0. The minimum absolute atomic E-state index is 0.0359. The van der Waals surface area contributed by atoms with E-state index in [0.29, 0.717) is 0 Å². The average Bonchev–Trinajstić information content (AvgIpc) is 2.36. The zero-order valence-corrected chi connectivity index (χ0v) is 11.0. The van der Waals surface area contributed by atoms with Crippen molar-refractivity contribution in [1.82, 2.24) is 0 Å². The number of halogens is 5. The Bertz CT molecular complexity index is 630. The lowest BCUT2D eigenvalue weighted by molar-refractivity contribution is 0.505. The molecular weight excluding hydrogens is 326 g/mol. The van der Waals surface area contributed by atoms with Crippen LogP contribution in [0, 0.1) is 23.3 Å². The van der Waals surface area contributed by atoms with Gasteiger partial charge < -0.3 is 5.73 Å². The Hall–Kier alpha value is -1.40. The van der Waals surface area contributed by atoms with E-state index in [2.05, 4.69) is 15.9 Å². The van der Waals surface area contributed by atoms with Gasteiger partial charge in [0.1, 0.15) is 11.6 Å². The van der Waals surface area contributed by atoms with Crippen molar-refractivity contribution in [3.05, 3.63) is 69.2 Å². The number of hydrogen-bond donors (Lipinski definition) is 1. The molecule has 0 spiro atoms. The van der Waals surface area contributed by atoms with Crippen molar-refractivity contribution in [2.24, 2.45) is 5.73 Å². The molecule has 0 radical (unpaired) electrons. The van der Waals surface area contributed by atoms with Crippen LogP contribution in [-0.4, -0.2) is 0 Å². The molecule has 0 aliphatic heterocycles. The van der Waals surface area contributed by atoms with Gasteiger partial charge in [-0.25, -0.2) is 17.6 Å². The first-order chi connectivity index (χ1) is 8.90. The van der Waals surface area contributed by atoms with E-state index in [1.807, 2.05) is 0 Å². The van der Waals surface area contributed by atoms with Gasteiger partial charge in [0.25, 0.3) is 0 Å². The molecule has 0 amide bonds. The van der Waals surface area contributed by atoms with Crippen molar-refractivity contribution < 1.29 is 17.6 Å². The van der Waals surface area contributed by atoms with E-state index < -0.39 is 29.3 Å². The topological polar surface area (TPSA) is 26.0 Å². The first kappa shape index (κ1) is 14.0. The quantitative estimate of drug-likeness (QED) is 0.651. The molecule has 0 fully saturated rings. The molecular formula is C13H8BrF4N. The van der Waals surface area contributed by atoms with Crippen molar-refractivity contribution in [3.63, 3.8) is 0 Å². The van der Waals surface area contributed by atoms with Gasteiger partial charge in [0, 0.05) is 5.56 Å². The molecule has 6 heteroatoms. The smallest absolute Gasteiger partial charge is 0.159 e. The van der Waals surface area contributed by atoms with Crippen LogP contribution in [0.2, 0.25) is 0 Å². The lowest BCUT2D eigenvalue weighted by Crippen LogP contribution is -2.14. The van der Waals surface area contributed by atoms with E-state index in [9.17, 15) is 17.6 Å². The highest BCUT2D eigenvalue weighted by atomic mass is 79.9. The number of rotatable bonds is 2. The Kier molecular flexibility index (Phi) is 3.91. The molecule has 0 bridgehead atoms. The standard InChI is InChI=1S/C13H8BrF4N/c14-8-5-10(16)7(4-11(8)17)13(19)6-1-2-9(15)12(18)3-6/h1-5,13H,19H2. The number of nitrogens with two attached hydrogens (primary N) is 1. The van der Waals surface area contributed by atoms with Crippen molar-refractivity contribution in [3.8, 4) is 0 Å². The van der Waals surface area contributed by atoms with Crippen LogP contribution in [0.5, 0.6) is 0 Å². The van der Waals surface area contributed by atoms with Crippen molar-refractivity contribution >= 4 is 15.9 Å². The maximum Gasteiger partial charge on any atom is 0.159 e. The number of hydrogen-bond acceptors (Lipinski definition) is 1. The highest BCUT2D eigenvalue weighted by molar-refractivity contribution is 9.10. The van der Waals surface area contributed by atoms with Gasteiger partial charge in [0.2, 0.25) is 0 Å². The molecule has 19 heavy (non-hydrogen) atoms. The number of benzene rings is 2. The van der Waals surface area contributed by atoms with Gasteiger partial charge in [-0.1, -0.05) is 6.07 Å². The van der Waals surface area contributed by atoms with Crippen LogP contribution in [0.1, 0.15) is 17.2 Å². The fraction of sp³-hybridized carbons (Fsp3) is 0.0769. The molecule has 1 unspecified atom stereocenters.